The zero-order valence-electron chi connectivity index (χ0n) is 27.5. The van der Waals surface area contributed by atoms with Gasteiger partial charge in [-0.2, -0.15) is 26.3 Å². The number of likely N-dealkylation sites (tertiary alicyclic amines) is 2. The van der Waals surface area contributed by atoms with E-state index in [4.69, 9.17) is 0 Å². The average Bonchev–Trinajstić information content (AvgIpc) is 3.54. The number of rotatable bonds is 9. The first-order valence-corrected chi connectivity index (χ1v) is 16.6. The second kappa shape index (κ2) is 15.0. The first-order valence-electron chi connectivity index (χ1n) is 16.6. The van der Waals surface area contributed by atoms with Crippen LogP contribution in [0.5, 0.6) is 0 Å². The first-order chi connectivity index (χ1) is 23.1. The monoisotopic (exact) mass is 696 g/mol. The number of carbonyl (C=O) groups excluding carboxylic acids is 1. The summed E-state index contributed by atoms with van der Waals surface area (Å²) in [6.07, 6.45) is -6.73. The molecule has 15 heteroatoms. The molecule has 1 N–H and O–H groups in total. The van der Waals surface area contributed by atoms with Crippen molar-refractivity contribution in [3.8, 4) is 0 Å². The lowest BCUT2D eigenvalue weighted by atomic mass is 9.90. The third-order valence-electron chi connectivity index (χ3n) is 9.65. The molecule has 0 aromatic heterocycles. The molecule has 3 aliphatic rings. The van der Waals surface area contributed by atoms with Gasteiger partial charge in [-0.15, -0.1) is 0 Å². The van der Waals surface area contributed by atoms with Crippen molar-refractivity contribution in [3.05, 3.63) is 92.9 Å². The fraction of sp³-hybridized carbons (Fsp3) is 0.559. The maximum absolute atomic E-state index is 13.7. The van der Waals surface area contributed by atoms with Gasteiger partial charge in [-0.1, -0.05) is 30.3 Å². The Bertz CT molecular complexity index is 1460. The van der Waals surface area contributed by atoms with E-state index in [1.165, 1.54) is 4.90 Å². The maximum Gasteiger partial charge on any atom is 0.416 e. The minimum absolute atomic E-state index is 0.0397. The molecule has 0 spiro atoms. The van der Waals surface area contributed by atoms with Crippen LogP contribution in [0.25, 0.3) is 0 Å². The molecule has 49 heavy (non-hydrogen) atoms. The number of hydrogen-bond donors (Lipinski definition) is 1. The van der Waals surface area contributed by atoms with Gasteiger partial charge in [-0.3, -0.25) is 24.7 Å². The van der Waals surface area contributed by atoms with Crippen LogP contribution in [-0.4, -0.2) is 100 Å². The molecular weight excluding hydrogens is 654 g/mol. The summed E-state index contributed by atoms with van der Waals surface area (Å²) in [5.74, 6) is -0.337. The van der Waals surface area contributed by atoms with Gasteiger partial charge in [0.15, 0.2) is 5.82 Å². The Morgan fingerprint density at radius 3 is 2.02 bits per heavy atom. The number of piperazine rings is 1. The molecule has 0 saturated carbocycles. The Morgan fingerprint density at radius 1 is 0.898 bits per heavy atom. The maximum atomic E-state index is 13.7. The fourth-order valence-corrected chi connectivity index (χ4v) is 7.28. The summed E-state index contributed by atoms with van der Waals surface area (Å²) in [6, 6.07) is 10.3. The number of benzene rings is 2. The molecule has 3 unspecified atom stereocenters. The average molecular weight is 697 g/mol. The predicted octanol–water partition coefficient (Wildman–Crippen LogP) is 5.71. The third-order valence-corrected chi connectivity index (χ3v) is 9.65. The highest BCUT2D eigenvalue weighted by Crippen LogP contribution is 2.37. The molecule has 3 aliphatic heterocycles. The number of alkyl halides is 6. The van der Waals surface area contributed by atoms with Gasteiger partial charge in [-0.25, -0.2) is 0 Å². The lowest BCUT2D eigenvalue weighted by Crippen LogP contribution is -2.58. The van der Waals surface area contributed by atoms with Crippen LogP contribution in [0.15, 0.2) is 60.6 Å². The fourth-order valence-electron chi connectivity index (χ4n) is 7.28. The topological polar surface area (TPSA) is 85.2 Å². The SMILES string of the molecule is CC(C)N/C(=C\[N+](=O)[O-])N1CCC(N2CCN(C3CCN(C(=O)c4cc(C(F)(F)F)cc(C(F)(F)F)c4)C(Cc4ccccc4)C3)CC2)C1. The van der Waals surface area contributed by atoms with Crippen molar-refractivity contribution in [3.63, 3.8) is 0 Å². The van der Waals surface area contributed by atoms with Crippen molar-refractivity contribution in [1.82, 2.24) is 24.9 Å². The van der Waals surface area contributed by atoms with E-state index in [0.717, 1.165) is 44.4 Å². The highest BCUT2D eigenvalue weighted by Gasteiger charge is 2.41. The van der Waals surface area contributed by atoms with E-state index >= 15 is 0 Å². The molecule has 2 aromatic carbocycles. The van der Waals surface area contributed by atoms with Crippen molar-refractivity contribution in [1.29, 1.82) is 0 Å². The quantitative estimate of drug-likeness (QED) is 0.205. The standard InChI is InChI=1S/C34H42F6N6O3/c1-23(2)41-31(22-46(48)49)44-10-8-29(21-44)43-14-12-42(13-15-43)28-9-11-45(30(20-28)16-24-6-4-3-5-7-24)32(47)25-17-26(33(35,36)37)19-27(18-25)34(38,39)40/h3-7,17-19,22-23,28-30,41H,8-16,20-21H2,1-2H3/b31-22+. The highest BCUT2D eigenvalue weighted by atomic mass is 19.4. The van der Waals surface area contributed by atoms with E-state index in [2.05, 4.69) is 15.1 Å². The van der Waals surface area contributed by atoms with Crippen LogP contribution in [-0.2, 0) is 18.8 Å². The smallest absolute Gasteiger partial charge is 0.364 e. The number of nitro groups is 1. The Kier molecular flexibility index (Phi) is 11.1. The van der Waals surface area contributed by atoms with Gasteiger partial charge < -0.3 is 15.1 Å². The number of nitrogens with zero attached hydrogens (tertiary/aromatic N) is 5. The largest absolute Gasteiger partial charge is 0.416 e. The van der Waals surface area contributed by atoms with Crippen LogP contribution in [0.1, 0.15) is 60.2 Å². The van der Waals surface area contributed by atoms with E-state index in [9.17, 15) is 41.3 Å². The van der Waals surface area contributed by atoms with E-state index in [0.29, 0.717) is 50.3 Å². The second-order valence-electron chi connectivity index (χ2n) is 13.4. The molecule has 0 aliphatic carbocycles. The molecule has 3 heterocycles. The Labute approximate surface area is 281 Å². The first kappa shape index (κ1) is 36.4. The zero-order valence-corrected chi connectivity index (χ0v) is 27.5. The van der Waals surface area contributed by atoms with Crippen LogP contribution >= 0.6 is 0 Å². The summed E-state index contributed by atoms with van der Waals surface area (Å²) in [4.78, 5) is 32.8. The lowest BCUT2D eigenvalue weighted by molar-refractivity contribution is -0.404. The molecule has 9 nitrogen and oxygen atoms in total. The summed E-state index contributed by atoms with van der Waals surface area (Å²) < 4.78 is 81.6. The number of nitrogens with one attached hydrogen (secondary N) is 1. The number of halogens is 6. The van der Waals surface area contributed by atoms with E-state index < -0.39 is 45.9 Å². The second-order valence-corrected chi connectivity index (χ2v) is 13.4. The summed E-state index contributed by atoms with van der Waals surface area (Å²) in [7, 11) is 0. The summed E-state index contributed by atoms with van der Waals surface area (Å²) in [5, 5.41) is 14.4. The van der Waals surface area contributed by atoms with E-state index in [1.54, 1.807) is 0 Å². The van der Waals surface area contributed by atoms with Crippen LogP contribution in [0.4, 0.5) is 26.3 Å². The lowest BCUT2D eigenvalue weighted by Gasteiger charge is -2.47. The minimum Gasteiger partial charge on any atom is -0.364 e. The molecule has 0 radical (unpaired) electrons. The van der Waals surface area contributed by atoms with Gasteiger partial charge in [-0.05, 0) is 63.3 Å². The minimum atomic E-state index is -5.05. The third kappa shape index (κ3) is 9.24. The molecule has 2 aromatic rings. The Balaban J connectivity index is 1.27. The van der Waals surface area contributed by atoms with Crippen molar-refractivity contribution in [2.75, 3.05) is 45.8 Å². The molecule has 268 valence electrons. The van der Waals surface area contributed by atoms with E-state index in [-0.39, 0.29) is 30.7 Å². The summed E-state index contributed by atoms with van der Waals surface area (Å²) >= 11 is 0. The number of hydrogen-bond acceptors (Lipinski definition) is 7. The van der Waals surface area contributed by atoms with Crippen LogP contribution in [0.2, 0.25) is 0 Å². The van der Waals surface area contributed by atoms with Crippen LogP contribution < -0.4 is 5.32 Å². The Morgan fingerprint density at radius 2 is 1.47 bits per heavy atom. The van der Waals surface area contributed by atoms with E-state index in [1.807, 2.05) is 49.1 Å². The predicted molar refractivity (Wildman–Crippen MR) is 171 cm³/mol. The number of piperidine rings is 1. The zero-order chi connectivity index (χ0) is 35.5. The normalized spacial score (nSPS) is 23.3. The summed E-state index contributed by atoms with van der Waals surface area (Å²) in [6.45, 7) is 8.54. The number of carbonyl (C=O) groups is 1. The highest BCUT2D eigenvalue weighted by molar-refractivity contribution is 5.95. The van der Waals surface area contributed by atoms with Crippen molar-refractivity contribution in [2.45, 2.75) is 76.1 Å². The van der Waals surface area contributed by atoms with Gasteiger partial charge in [0.05, 0.1) is 16.1 Å². The van der Waals surface area contributed by atoms with Gasteiger partial charge >= 0.3 is 12.4 Å². The summed E-state index contributed by atoms with van der Waals surface area (Å²) in [5.41, 5.74) is -2.73. The van der Waals surface area contributed by atoms with Crippen molar-refractivity contribution in [2.24, 2.45) is 0 Å². The number of amides is 1. The molecular formula is C34H42F6N6O3. The molecule has 3 saturated heterocycles. The van der Waals surface area contributed by atoms with Crippen LogP contribution in [0.3, 0.4) is 0 Å². The molecule has 0 bridgehead atoms. The molecule has 3 atom stereocenters. The van der Waals surface area contributed by atoms with Crippen LogP contribution in [0, 0.1) is 10.1 Å². The van der Waals surface area contributed by atoms with Gasteiger partial charge in [0.1, 0.15) is 0 Å². The molecule has 5 rings (SSSR count). The molecule has 3 fully saturated rings. The van der Waals surface area contributed by atoms with Gasteiger partial charge in [0.2, 0.25) is 0 Å². The Hall–Kier alpha value is -3.85. The molecule has 1 amide bonds. The van der Waals surface area contributed by atoms with Gasteiger partial charge in [0, 0.05) is 75.5 Å². The van der Waals surface area contributed by atoms with Crippen molar-refractivity contribution >= 4 is 5.91 Å². The van der Waals surface area contributed by atoms with Crippen molar-refractivity contribution < 1.29 is 36.1 Å². The van der Waals surface area contributed by atoms with Gasteiger partial charge in [0.25, 0.3) is 12.1 Å².